The third kappa shape index (κ3) is 6.73. The molecule has 1 aliphatic rings. The van der Waals surface area contributed by atoms with Crippen LogP contribution in [0.1, 0.15) is 53.0 Å². The van der Waals surface area contributed by atoms with E-state index in [0.29, 0.717) is 19.6 Å². The van der Waals surface area contributed by atoms with E-state index in [0.717, 1.165) is 37.8 Å². The molecule has 0 spiro atoms. The maximum absolute atomic E-state index is 11.8. The fraction of sp³-hybridized carbons (Fsp3) is 0.636. The highest BCUT2D eigenvalue weighted by atomic mass is 16.5. The molecule has 1 saturated heterocycles. The summed E-state index contributed by atoms with van der Waals surface area (Å²) in [5, 5.41) is 6.71. The molecule has 1 fully saturated rings. The number of carbonyl (C=O) groups excluding carboxylic acids is 1. The van der Waals surface area contributed by atoms with Crippen LogP contribution in [0.3, 0.4) is 0 Å². The highest BCUT2D eigenvalue weighted by Crippen LogP contribution is 2.24. The standard InChI is InChI=1S/C22H36N4O2/c1-6-20(27)26-14-12-18(16-26)25-21(23-7-2)24-13-15-28-19-10-8-17(9-11-19)22(3,4)5/h8-11,18H,6-7,12-16H2,1-5H3,(H2,23,24,25). The Labute approximate surface area is 169 Å². The average molecular weight is 389 g/mol. The average Bonchev–Trinajstić information content (AvgIpc) is 3.13. The molecule has 1 heterocycles. The number of amides is 1. The number of hydrogen-bond acceptors (Lipinski definition) is 3. The van der Waals surface area contributed by atoms with Gasteiger partial charge in [0.2, 0.25) is 5.91 Å². The first-order valence-electron chi connectivity index (χ1n) is 10.4. The van der Waals surface area contributed by atoms with E-state index in [1.54, 1.807) is 0 Å². The van der Waals surface area contributed by atoms with Crippen molar-refractivity contribution >= 4 is 11.9 Å². The van der Waals surface area contributed by atoms with Gasteiger partial charge in [-0.25, -0.2) is 4.99 Å². The Kier molecular flexibility index (Phi) is 8.15. The van der Waals surface area contributed by atoms with Crippen molar-refractivity contribution in [2.45, 2.75) is 58.9 Å². The van der Waals surface area contributed by atoms with Gasteiger partial charge in [0.25, 0.3) is 0 Å². The molecule has 1 amide bonds. The lowest BCUT2D eigenvalue weighted by atomic mass is 9.87. The largest absolute Gasteiger partial charge is 0.492 e. The van der Waals surface area contributed by atoms with Gasteiger partial charge in [-0.3, -0.25) is 4.79 Å². The van der Waals surface area contributed by atoms with Crippen molar-refractivity contribution in [2.24, 2.45) is 4.99 Å². The monoisotopic (exact) mass is 388 g/mol. The predicted molar refractivity (Wildman–Crippen MR) is 115 cm³/mol. The van der Waals surface area contributed by atoms with E-state index in [2.05, 4.69) is 48.5 Å². The lowest BCUT2D eigenvalue weighted by Crippen LogP contribution is -2.45. The first-order valence-corrected chi connectivity index (χ1v) is 10.4. The number of ether oxygens (including phenoxy) is 1. The van der Waals surface area contributed by atoms with Gasteiger partial charge in [-0.05, 0) is 36.5 Å². The van der Waals surface area contributed by atoms with Crippen molar-refractivity contribution < 1.29 is 9.53 Å². The van der Waals surface area contributed by atoms with Crippen LogP contribution in [0.15, 0.2) is 29.3 Å². The van der Waals surface area contributed by atoms with Crippen molar-refractivity contribution in [1.29, 1.82) is 0 Å². The first-order chi connectivity index (χ1) is 13.3. The fourth-order valence-electron chi connectivity index (χ4n) is 3.21. The van der Waals surface area contributed by atoms with E-state index in [-0.39, 0.29) is 17.4 Å². The van der Waals surface area contributed by atoms with Crippen LogP contribution >= 0.6 is 0 Å². The minimum Gasteiger partial charge on any atom is -0.492 e. The number of aliphatic imine (C=N–C) groups is 1. The molecule has 0 aliphatic carbocycles. The molecule has 2 rings (SSSR count). The molecular weight excluding hydrogens is 352 g/mol. The summed E-state index contributed by atoms with van der Waals surface area (Å²) in [6, 6.07) is 8.53. The van der Waals surface area contributed by atoms with Gasteiger partial charge in [0, 0.05) is 32.1 Å². The van der Waals surface area contributed by atoms with E-state index < -0.39 is 0 Å². The third-order valence-electron chi connectivity index (χ3n) is 4.88. The number of nitrogens with zero attached hydrogens (tertiary/aromatic N) is 2. The van der Waals surface area contributed by atoms with E-state index in [9.17, 15) is 4.79 Å². The fourth-order valence-corrected chi connectivity index (χ4v) is 3.21. The van der Waals surface area contributed by atoms with Crippen LogP contribution in [0.2, 0.25) is 0 Å². The quantitative estimate of drug-likeness (QED) is 0.428. The summed E-state index contributed by atoms with van der Waals surface area (Å²) in [7, 11) is 0. The van der Waals surface area contributed by atoms with Crippen molar-refractivity contribution in [3.05, 3.63) is 29.8 Å². The van der Waals surface area contributed by atoms with E-state index in [1.165, 1.54) is 5.56 Å². The van der Waals surface area contributed by atoms with Crippen molar-refractivity contribution in [3.8, 4) is 5.75 Å². The molecule has 1 aromatic rings. The predicted octanol–water partition coefficient (Wildman–Crippen LogP) is 2.93. The number of benzene rings is 1. The Hall–Kier alpha value is -2.24. The summed E-state index contributed by atoms with van der Waals surface area (Å²) in [5.74, 6) is 1.87. The van der Waals surface area contributed by atoms with E-state index in [1.807, 2.05) is 30.9 Å². The van der Waals surface area contributed by atoms with Gasteiger partial charge < -0.3 is 20.3 Å². The maximum Gasteiger partial charge on any atom is 0.222 e. The van der Waals surface area contributed by atoms with Crippen molar-refractivity contribution in [1.82, 2.24) is 15.5 Å². The van der Waals surface area contributed by atoms with Gasteiger partial charge in [-0.1, -0.05) is 39.8 Å². The minimum absolute atomic E-state index is 0.146. The number of guanidine groups is 1. The van der Waals surface area contributed by atoms with Crippen LogP contribution < -0.4 is 15.4 Å². The molecule has 0 bridgehead atoms. The van der Waals surface area contributed by atoms with Gasteiger partial charge in [0.05, 0.1) is 6.54 Å². The Morgan fingerprint density at radius 3 is 2.57 bits per heavy atom. The van der Waals surface area contributed by atoms with Gasteiger partial charge in [0.1, 0.15) is 12.4 Å². The zero-order valence-electron chi connectivity index (χ0n) is 18.0. The highest BCUT2D eigenvalue weighted by molar-refractivity contribution is 5.80. The number of hydrogen-bond donors (Lipinski definition) is 2. The molecular formula is C22H36N4O2. The SMILES string of the molecule is CCNC(=NCCOc1ccc(C(C)(C)C)cc1)NC1CCN(C(=O)CC)C1. The summed E-state index contributed by atoms with van der Waals surface area (Å²) in [5.41, 5.74) is 1.44. The molecule has 156 valence electrons. The van der Waals surface area contributed by atoms with Gasteiger partial charge in [-0.15, -0.1) is 0 Å². The van der Waals surface area contributed by atoms with Crippen LogP contribution in [-0.4, -0.2) is 55.6 Å². The smallest absolute Gasteiger partial charge is 0.222 e. The summed E-state index contributed by atoms with van der Waals surface area (Å²) >= 11 is 0. The van der Waals surface area contributed by atoms with Crippen LogP contribution in [0.5, 0.6) is 5.75 Å². The number of nitrogens with one attached hydrogen (secondary N) is 2. The summed E-state index contributed by atoms with van der Waals surface area (Å²) in [6.45, 7) is 14.0. The zero-order valence-corrected chi connectivity index (χ0v) is 18.0. The Morgan fingerprint density at radius 2 is 1.96 bits per heavy atom. The summed E-state index contributed by atoms with van der Waals surface area (Å²) in [6.07, 6.45) is 1.52. The molecule has 28 heavy (non-hydrogen) atoms. The molecule has 1 unspecified atom stereocenters. The third-order valence-corrected chi connectivity index (χ3v) is 4.88. The molecule has 1 atom stereocenters. The van der Waals surface area contributed by atoms with E-state index in [4.69, 9.17) is 4.74 Å². The molecule has 2 N–H and O–H groups in total. The highest BCUT2D eigenvalue weighted by Gasteiger charge is 2.25. The van der Waals surface area contributed by atoms with Crippen LogP contribution in [0.25, 0.3) is 0 Å². The second-order valence-electron chi connectivity index (χ2n) is 8.21. The molecule has 1 aromatic carbocycles. The second-order valence-corrected chi connectivity index (χ2v) is 8.21. The Bertz CT molecular complexity index is 649. The Morgan fingerprint density at radius 1 is 1.25 bits per heavy atom. The van der Waals surface area contributed by atoms with Crippen LogP contribution in [0.4, 0.5) is 0 Å². The lowest BCUT2D eigenvalue weighted by molar-refractivity contribution is -0.129. The van der Waals surface area contributed by atoms with Crippen molar-refractivity contribution in [2.75, 3.05) is 32.8 Å². The molecule has 0 aromatic heterocycles. The van der Waals surface area contributed by atoms with E-state index >= 15 is 0 Å². The normalized spacial score (nSPS) is 17.5. The molecule has 6 nitrogen and oxygen atoms in total. The number of carbonyl (C=O) groups is 1. The molecule has 6 heteroatoms. The minimum atomic E-state index is 0.146. The van der Waals surface area contributed by atoms with Crippen LogP contribution in [-0.2, 0) is 10.2 Å². The second kappa shape index (κ2) is 10.3. The molecule has 1 aliphatic heterocycles. The zero-order chi connectivity index (χ0) is 20.6. The van der Waals surface area contributed by atoms with Crippen LogP contribution in [0, 0.1) is 0 Å². The summed E-state index contributed by atoms with van der Waals surface area (Å²) in [4.78, 5) is 18.4. The first kappa shape index (κ1) is 22.1. The van der Waals surface area contributed by atoms with Crippen molar-refractivity contribution in [3.63, 3.8) is 0 Å². The number of likely N-dealkylation sites (tertiary alicyclic amines) is 1. The topological polar surface area (TPSA) is 66.0 Å². The lowest BCUT2D eigenvalue weighted by Gasteiger charge is -2.19. The molecule has 0 radical (unpaired) electrons. The maximum atomic E-state index is 11.8. The molecule has 0 saturated carbocycles. The van der Waals surface area contributed by atoms with Gasteiger partial charge in [0.15, 0.2) is 5.96 Å². The Balaban J connectivity index is 1.80. The van der Waals surface area contributed by atoms with Gasteiger partial charge in [-0.2, -0.15) is 0 Å². The van der Waals surface area contributed by atoms with Gasteiger partial charge >= 0.3 is 0 Å². The summed E-state index contributed by atoms with van der Waals surface area (Å²) < 4.78 is 5.82. The number of rotatable bonds is 7.